The van der Waals surface area contributed by atoms with Crippen LogP contribution < -0.4 is 10.9 Å². The number of para-hydroxylation sites is 2. The third-order valence-corrected chi connectivity index (χ3v) is 7.00. The van der Waals surface area contributed by atoms with Gasteiger partial charge in [-0.2, -0.15) is 0 Å². The highest BCUT2D eigenvalue weighted by atomic mass is 32.2. The molecule has 0 saturated carbocycles. The summed E-state index contributed by atoms with van der Waals surface area (Å²) in [6.07, 6.45) is 0.778. The van der Waals surface area contributed by atoms with Gasteiger partial charge in [0.05, 0.1) is 35.1 Å². The molecule has 1 aliphatic rings. The van der Waals surface area contributed by atoms with Crippen molar-refractivity contribution in [1.29, 1.82) is 0 Å². The van der Waals surface area contributed by atoms with Crippen LogP contribution in [-0.4, -0.2) is 65.0 Å². The number of hydrogen-bond donors (Lipinski definition) is 1. The fourth-order valence-corrected chi connectivity index (χ4v) is 5.28. The van der Waals surface area contributed by atoms with Crippen LogP contribution >= 0.6 is 11.8 Å². The van der Waals surface area contributed by atoms with Crippen molar-refractivity contribution in [2.45, 2.75) is 38.5 Å². The van der Waals surface area contributed by atoms with Gasteiger partial charge in [0.15, 0.2) is 5.16 Å². The number of aromatic nitrogens is 2. The minimum absolute atomic E-state index is 0.00939. The number of nitrogens with zero attached hydrogens (tertiary/aromatic N) is 3. The van der Waals surface area contributed by atoms with Gasteiger partial charge in [-0.1, -0.05) is 62.9 Å². The van der Waals surface area contributed by atoms with Crippen LogP contribution in [0.25, 0.3) is 16.6 Å². The molecule has 186 valence electrons. The SMILES string of the molecule is CCc1ccccc1-n1c(SCC(=O)NCC2CN(CC(C)C)CCO2)nc2ccccc2c1=O. The molecule has 3 aromatic rings. The van der Waals surface area contributed by atoms with Crippen molar-refractivity contribution < 1.29 is 9.53 Å². The van der Waals surface area contributed by atoms with Gasteiger partial charge in [0.25, 0.3) is 5.56 Å². The number of rotatable bonds is 9. The summed E-state index contributed by atoms with van der Waals surface area (Å²) in [6.45, 7) is 10.4. The fourth-order valence-electron chi connectivity index (χ4n) is 4.44. The number of hydrogen-bond acceptors (Lipinski definition) is 6. The smallest absolute Gasteiger partial charge is 0.266 e. The standard InChI is InChI=1S/C27H34N4O3S/c1-4-20-9-5-8-12-24(20)31-26(33)22-10-6-7-11-23(22)29-27(31)35-18-25(32)28-15-21-17-30(13-14-34-21)16-19(2)3/h5-12,19,21H,4,13-18H2,1-3H3,(H,28,32). The van der Waals surface area contributed by atoms with Gasteiger partial charge in [0, 0.05) is 26.2 Å². The molecule has 1 aromatic heterocycles. The topological polar surface area (TPSA) is 76.5 Å². The number of morpholine rings is 1. The predicted octanol–water partition coefficient (Wildman–Crippen LogP) is 3.51. The summed E-state index contributed by atoms with van der Waals surface area (Å²) in [7, 11) is 0. The summed E-state index contributed by atoms with van der Waals surface area (Å²) < 4.78 is 7.49. The van der Waals surface area contributed by atoms with Crippen LogP contribution in [0.1, 0.15) is 26.3 Å². The lowest BCUT2D eigenvalue weighted by molar-refractivity contribution is -0.119. The second kappa shape index (κ2) is 11.8. The Hall–Kier alpha value is -2.68. The summed E-state index contributed by atoms with van der Waals surface area (Å²) in [5, 5.41) is 4.08. The van der Waals surface area contributed by atoms with E-state index >= 15 is 0 Å². The van der Waals surface area contributed by atoms with E-state index in [1.165, 1.54) is 11.8 Å². The lowest BCUT2D eigenvalue weighted by Crippen LogP contribution is -2.48. The van der Waals surface area contributed by atoms with Crippen LogP contribution in [-0.2, 0) is 16.0 Å². The number of fused-ring (bicyclic) bond motifs is 1. The van der Waals surface area contributed by atoms with Gasteiger partial charge in [0.1, 0.15) is 0 Å². The second-order valence-corrected chi connectivity index (χ2v) is 10.2. The Balaban J connectivity index is 1.49. The average Bonchev–Trinajstić information content (AvgIpc) is 2.86. The number of aryl methyl sites for hydroxylation is 1. The van der Waals surface area contributed by atoms with Crippen molar-refractivity contribution in [3.8, 4) is 5.69 Å². The molecule has 4 rings (SSSR count). The molecule has 2 aromatic carbocycles. The normalized spacial score (nSPS) is 16.6. The molecule has 0 spiro atoms. The van der Waals surface area contributed by atoms with Crippen molar-refractivity contribution in [2.24, 2.45) is 5.92 Å². The molecule has 0 bridgehead atoms. The Bertz CT molecular complexity index is 1230. The van der Waals surface area contributed by atoms with E-state index < -0.39 is 0 Å². The lowest BCUT2D eigenvalue weighted by Gasteiger charge is -2.33. The van der Waals surface area contributed by atoms with Gasteiger partial charge < -0.3 is 10.1 Å². The van der Waals surface area contributed by atoms with E-state index in [4.69, 9.17) is 9.72 Å². The first-order valence-corrected chi connectivity index (χ1v) is 13.3. The van der Waals surface area contributed by atoms with Crippen molar-refractivity contribution in [3.63, 3.8) is 0 Å². The molecule has 8 heteroatoms. The van der Waals surface area contributed by atoms with Crippen molar-refractivity contribution in [1.82, 2.24) is 19.8 Å². The molecule has 35 heavy (non-hydrogen) atoms. The third-order valence-electron chi connectivity index (χ3n) is 6.06. The molecule has 0 radical (unpaired) electrons. The Kier molecular flexibility index (Phi) is 8.59. The van der Waals surface area contributed by atoms with E-state index in [9.17, 15) is 9.59 Å². The minimum atomic E-state index is -0.125. The maximum absolute atomic E-state index is 13.5. The van der Waals surface area contributed by atoms with Crippen LogP contribution in [0.15, 0.2) is 58.5 Å². The van der Waals surface area contributed by atoms with Crippen LogP contribution in [0, 0.1) is 5.92 Å². The molecule has 7 nitrogen and oxygen atoms in total. The zero-order chi connectivity index (χ0) is 24.8. The van der Waals surface area contributed by atoms with Gasteiger partial charge in [-0.05, 0) is 36.1 Å². The Morgan fingerprint density at radius 2 is 1.97 bits per heavy atom. The molecule has 1 unspecified atom stereocenters. The number of amides is 1. The minimum Gasteiger partial charge on any atom is -0.374 e. The zero-order valence-corrected chi connectivity index (χ0v) is 21.5. The molecule has 1 N–H and O–H groups in total. The molecule has 0 aliphatic carbocycles. The van der Waals surface area contributed by atoms with Crippen molar-refractivity contribution in [3.05, 3.63) is 64.4 Å². The highest BCUT2D eigenvalue weighted by Gasteiger charge is 2.22. The quantitative estimate of drug-likeness (QED) is 0.362. The maximum Gasteiger partial charge on any atom is 0.266 e. The van der Waals surface area contributed by atoms with E-state index in [0.29, 0.717) is 35.1 Å². The first kappa shape index (κ1) is 25.4. The number of carbonyl (C=O) groups is 1. The van der Waals surface area contributed by atoms with Gasteiger partial charge in [-0.15, -0.1) is 0 Å². The predicted molar refractivity (Wildman–Crippen MR) is 141 cm³/mol. The van der Waals surface area contributed by atoms with Crippen molar-refractivity contribution in [2.75, 3.05) is 38.5 Å². The number of carbonyl (C=O) groups excluding carboxylic acids is 1. The number of thioether (sulfide) groups is 1. The summed E-state index contributed by atoms with van der Waals surface area (Å²) in [6, 6.07) is 15.2. The van der Waals surface area contributed by atoms with E-state index in [1.54, 1.807) is 10.6 Å². The highest BCUT2D eigenvalue weighted by molar-refractivity contribution is 7.99. The van der Waals surface area contributed by atoms with Gasteiger partial charge in [0.2, 0.25) is 5.91 Å². The van der Waals surface area contributed by atoms with Gasteiger partial charge in [-0.25, -0.2) is 4.98 Å². The van der Waals surface area contributed by atoms with E-state index in [-0.39, 0.29) is 23.3 Å². The first-order chi connectivity index (χ1) is 17.0. The summed E-state index contributed by atoms with van der Waals surface area (Å²) in [5.41, 5.74) is 2.37. The Morgan fingerprint density at radius 3 is 2.77 bits per heavy atom. The van der Waals surface area contributed by atoms with Crippen LogP contribution in [0.4, 0.5) is 0 Å². The van der Waals surface area contributed by atoms with Crippen LogP contribution in [0.2, 0.25) is 0 Å². The largest absolute Gasteiger partial charge is 0.374 e. The fraction of sp³-hybridized carbons (Fsp3) is 0.444. The maximum atomic E-state index is 13.5. The monoisotopic (exact) mass is 494 g/mol. The van der Waals surface area contributed by atoms with Crippen LogP contribution in [0.5, 0.6) is 0 Å². The average molecular weight is 495 g/mol. The molecule has 1 saturated heterocycles. The van der Waals surface area contributed by atoms with Gasteiger partial charge >= 0.3 is 0 Å². The molecular formula is C27H34N4O3S. The first-order valence-electron chi connectivity index (χ1n) is 12.3. The van der Waals surface area contributed by atoms with E-state index in [0.717, 1.165) is 37.3 Å². The summed E-state index contributed by atoms with van der Waals surface area (Å²) in [4.78, 5) is 33.4. The van der Waals surface area contributed by atoms with E-state index in [2.05, 4.69) is 31.0 Å². The molecule has 2 heterocycles. The molecule has 1 atom stereocenters. The Labute approximate surface area is 210 Å². The van der Waals surface area contributed by atoms with Crippen LogP contribution in [0.3, 0.4) is 0 Å². The molecule has 1 aliphatic heterocycles. The highest BCUT2D eigenvalue weighted by Crippen LogP contribution is 2.23. The molecule has 1 fully saturated rings. The zero-order valence-electron chi connectivity index (χ0n) is 20.7. The number of ether oxygens (including phenoxy) is 1. The molecule has 1 amide bonds. The summed E-state index contributed by atoms with van der Waals surface area (Å²) in [5.74, 6) is 0.670. The molecular weight excluding hydrogens is 460 g/mol. The van der Waals surface area contributed by atoms with E-state index in [1.807, 2.05) is 42.5 Å². The van der Waals surface area contributed by atoms with Crippen molar-refractivity contribution >= 4 is 28.6 Å². The number of nitrogens with one attached hydrogen (secondary N) is 1. The second-order valence-electron chi connectivity index (χ2n) is 9.27. The number of benzene rings is 2. The lowest BCUT2D eigenvalue weighted by atomic mass is 10.1. The summed E-state index contributed by atoms with van der Waals surface area (Å²) >= 11 is 1.28. The third kappa shape index (κ3) is 6.31. The Morgan fingerprint density at radius 1 is 1.20 bits per heavy atom. The van der Waals surface area contributed by atoms with Gasteiger partial charge in [-0.3, -0.25) is 19.1 Å².